The first kappa shape index (κ1) is 14.1. The van der Waals surface area contributed by atoms with Crippen LogP contribution in [0.4, 0.5) is 0 Å². The van der Waals surface area contributed by atoms with Gasteiger partial charge in [0.15, 0.2) is 5.60 Å². The van der Waals surface area contributed by atoms with E-state index in [-0.39, 0.29) is 11.8 Å². The van der Waals surface area contributed by atoms with E-state index in [9.17, 15) is 15.0 Å². The minimum absolute atomic E-state index is 0.322. The fraction of sp³-hybridized carbons (Fsp3) is 0.562. The van der Waals surface area contributed by atoms with Crippen molar-refractivity contribution in [2.24, 2.45) is 5.92 Å². The average molecular weight is 262 g/mol. The van der Waals surface area contributed by atoms with E-state index in [1.807, 2.05) is 18.2 Å². The molecule has 1 aliphatic carbocycles. The molecule has 0 amide bonds. The van der Waals surface area contributed by atoms with E-state index in [0.29, 0.717) is 5.92 Å². The van der Waals surface area contributed by atoms with Crippen LogP contribution in [0, 0.1) is 5.92 Å². The summed E-state index contributed by atoms with van der Waals surface area (Å²) in [7, 11) is 0. The van der Waals surface area contributed by atoms with Gasteiger partial charge in [0, 0.05) is 5.92 Å². The molecule has 0 fully saturated rings. The summed E-state index contributed by atoms with van der Waals surface area (Å²) in [5.74, 6) is -1.33. The lowest BCUT2D eigenvalue weighted by Gasteiger charge is -2.40. The smallest absolute Gasteiger partial charge is 0.336 e. The highest BCUT2D eigenvalue weighted by Crippen LogP contribution is 2.46. The number of carboxylic acids is 1. The Morgan fingerprint density at radius 2 is 1.84 bits per heavy atom. The second-order valence-corrected chi connectivity index (χ2v) is 5.95. The molecule has 3 heteroatoms. The molecule has 0 radical (unpaired) electrons. The van der Waals surface area contributed by atoms with Crippen LogP contribution in [-0.4, -0.2) is 21.8 Å². The standard InChI is InChI=1S/C16H22O3/c1-10(2)16(19,15(17)18)14-9-8-11(3)12-6-4-5-7-13(12)14/h4-7,10-11,14,19H,8-9H2,1-3H3,(H,17,18). The van der Waals surface area contributed by atoms with Crippen molar-refractivity contribution in [2.45, 2.75) is 51.0 Å². The maximum absolute atomic E-state index is 11.6. The highest BCUT2D eigenvalue weighted by Gasteiger charge is 2.49. The van der Waals surface area contributed by atoms with Crippen molar-refractivity contribution < 1.29 is 15.0 Å². The third-order valence-electron chi connectivity index (χ3n) is 4.54. The number of carbonyl (C=O) groups is 1. The maximum atomic E-state index is 11.6. The SMILES string of the molecule is CC1CCC(C(O)(C(=O)O)C(C)C)c2ccccc21. The summed E-state index contributed by atoms with van der Waals surface area (Å²) >= 11 is 0. The van der Waals surface area contributed by atoms with E-state index >= 15 is 0 Å². The number of rotatable bonds is 3. The molecular formula is C16H22O3. The summed E-state index contributed by atoms with van der Waals surface area (Å²) in [6, 6.07) is 7.92. The van der Waals surface area contributed by atoms with Crippen molar-refractivity contribution in [3.05, 3.63) is 35.4 Å². The number of hydrogen-bond donors (Lipinski definition) is 2. The second-order valence-electron chi connectivity index (χ2n) is 5.95. The summed E-state index contributed by atoms with van der Waals surface area (Å²) < 4.78 is 0. The molecule has 0 heterocycles. The Morgan fingerprint density at radius 1 is 1.26 bits per heavy atom. The van der Waals surface area contributed by atoms with E-state index in [1.54, 1.807) is 13.8 Å². The molecule has 3 nitrogen and oxygen atoms in total. The van der Waals surface area contributed by atoms with Crippen LogP contribution in [0.1, 0.15) is 56.6 Å². The van der Waals surface area contributed by atoms with Crippen molar-refractivity contribution in [1.82, 2.24) is 0 Å². The zero-order valence-corrected chi connectivity index (χ0v) is 11.8. The molecule has 3 unspecified atom stereocenters. The van der Waals surface area contributed by atoms with Gasteiger partial charge >= 0.3 is 5.97 Å². The fourth-order valence-electron chi connectivity index (χ4n) is 3.26. The third-order valence-corrected chi connectivity index (χ3v) is 4.54. The van der Waals surface area contributed by atoms with Gasteiger partial charge in [-0.1, -0.05) is 45.0 Å². The lowest BCUT2D eigenvalue weighted by atomic mass is 9.66. The average Bonchev–Trinajstić information content (AvgIpc) is 2.38. The Balaban J connectivity index is 2.52. The van der Waals surface area contributed by atoms with Gasteiger partial charge in [-0.25, -0.2) is 4.79 Å². The van der Waals surface area contributed by atoms with Crippen LogP contribution in [0.15, 0.2) is 24.3 Å². The molecule has 3 atom stereocenters. The van der Waals surface area contributed by atoms with Gasteiger partial charge in [-0.2, -0.15) is 0 Å². The highest BCUT2D eigenvalue weighted by atomic mass is 16.4. The monoisotopic (exact) mass is 262 g/mol. The normalized spacial score (nSPS) is 25.7. The molecule has 0 bridgehead atoms. The van der Waals surface area contributed by atoms with E-state index in [2.05, 4.69) is 13.0 Å². The first-order valence-corrected chi connectivity index (χ1v) is 6.93. The van der Waals surface area contributed by atoms with E-state index in [1.165, 1.54) is 5.56 Å². The summed E-state index contributed by atoms with van der Waals surface area (Å²) in [4.78, 5) is 11.6. The summed E-state index contributed by atoms with van der Waals surface area (Å²) in [6.07, 6.45) is 1.64. The number of hydrogen-bond acceptors (Lipinski definition) is 2. The van der Waals surface area contributed by atoms with Crippen LogP contribution in [0.3, 0.4) is 0 Å². The molecule has 104 valence electrons. The number of aliphatic carboxylic acids is 1. The minimum atomic E-state index is -1.68. The van der Waals surface area contributed by atoms with Crippen molar-refractivity contribution in [3.8, 4) is 0 Å². The van der Waals surface area contributed by atoms with Gasteiger partial charge in [0.1, 0.15) is 0 Å². The largest absolute Gasteiger partial charge is 0.479 e. The maximum Gasteiger partial charge on any atom is 0.336 e. The van der Waals surface area contributed by atoms with Gasteiger partial charge in [0.25, 0.3) is 0 Å². The second kappa shape index (κ2) is 4.97. The van der Waals surface area contributed by atoms with Gasteiger partial charge in [-0.05, 0) is 35.8 Å². The van der Waals surface area contributed by atoms with Gasteiger partial charge in [0.2, 0.25) is 0 Å². The van der Waals surface area contributed by atoms with E-state index < -0.39 is 11.6 Å². The fourth-order valence-corrected chi connectivity index (χ4v) is 3.26. The number of fused-ring (bicyclic) bond motifs is 1. The molecular weight excluding hydrogens is 240 g/mol. The highest BCUT2D eigenvalue weighted by molar-refractivity contribution is 5.79. The zero-order chi connectivity index (χ0) is 14.2. The van der Waals surface area contributed by atoms with Crippen molar-refractivity contribution in [2.75, 3.05) is 0 Å². The zero-order valence-electron chi connectivity index (χ0n) is 11.8. The molecule has 1 aromatic carbocycles. The first-order chi connectivity index (χ1) is 8.89. The Labute approximate surface area is 114 Å². The minimum Gasteiger partial charge on any atom is -0.479 e. The van der Waals surface area contributed by atoms with Crippen LogP contribution < -0.4 is 0 Å². The Morgan fingerprint density at radius 3 is 2.37 bits per heavy atom. The first-order valence-electron chi connectivity index (χ1n) is 6.93. The molecule has 2 N–H and O–H groups in total. The van der Waals surface area contributed by atoms with Crippen LogP contribution in [0.25, 0.3) is 0 Å². The topological polar surface area (TPSA) is 57.5 Å². The lowest BCUT2D eigenvalue weighted by molar-refractivity contribution is -0.167. The predicted molar refractivity (Wildman–Crippen MR) is 74.3 cm³/mol. The molecule has 0 spiro atoms. The molecule has 0 saturated carbocycles. The van der Waals surface area contributed by atoms with Crippen molar-refractivity contribution in [3.63, 3.8) is 0 Å². The van der Waals surface area contributed by atoms with Crippen LogP contribution in [-0.2, 0) is 4.79 Å². The Kier molecular flexibility index (Phi) is 3.68. The van der Waals surface area contributed by atoms with Crippen molar-refractivity contribution >= 4 is 5.97 Å². The molecule has 0 aliphatic heterocycles. The summed E-state index contributed by atoms with van der Waals surface area (Å²) in [6.45, 7) is 5.70. The van der Waals surface area contributed by atoms with Crippen LogP contribution >= 0.6 is 0 Å². The quantitative estimate of drug-likeness (QED) is 0.879. The third kappa shape index (κ3) is 2.16. The molecule has 0 saturated heterocycles. The van der Waals surface area contributed by atoms with Crippen molar-refractivity contribution in [1.29, 1.82) is 0 Å². The molecule has 0 aromatic heterocycles. The summed E-state index contributed by atoms with van der Waals surface area (Å²) in [5, 5.41) is 20.2. The number of carboxylic acid groups (broad SMARTS) is 1. The molecule has 1 aromatic rings. The molecule has 19 heavy (non-hydrogen) atoms. The van der Waals surface area contributed by atoms with Gasteiger partial charge < -0.3 is 10.2 Å². The predicted octanol–water partition coefficient (Wildman–Crippen LogP) is 3.14. The Bertz CT molecular complexity index is 481. The summed E-state index contributed by atoms with van der Waals surface area (Å²) in [5.41, 5.74) is 0.495. The lowest BCUT2D eigenvalue weighted by Crippen LogP contribution is -2.50. The van der Waals surface area contributed by atoms with Gasteiger partial charge in [-0.15, -0.1) is 0 Å². The van der Waals surface area contributed by atoms with E-state index in [0.717, 1.165) is 18.4 Å². The number of benzene rings is 1. The molecule has 2 rings (SSSR count). The van der Waals surface area contributed by atoms with Gasteiger partial charge in [-0.3, -0.25) is 0 Å². The van der Waals surface area contributed by atoms with E-state index in [4.69, 9.17) is 0 Å². The Hall–Kier alpha value is -1.35. The van der Waals surface area contributed by atoms with Crippen LogP contribution in [0.2, 0.25) is 0 Å². The molecule has 1 aliphatic rings. The van der Waals surface area contributed by atoms with Gasteiger partial charge in [0.05, 0.1) is 0 Å². The number of aliphatic hydroxyl groups is 1. The van der Waals surface area contributed by atoms with Crippen LogP contribution in [0.5, 0.6) is 0 Å².